The summed E-state index contributed by atoms with van der Waals surface area (Å²) in [4.78, 5) is 16.5. The zero-order valence-electron chi connectivity index (χ0n) is 16.4. The first-order chi connectivity index (χ1) is 12.6. The fourth-order valence-corrected chi connectivity index (χ4v) is 4.06. The van der Waals surface area contributed by atoms with Crippen LogP contribution in [-0.2, 0) is 17.7 Å². The molecule has 3 rings (SSSR count). The number of benzene rings is 1. The smallest absolute Gasteiger partial charge is 0.151 e. The summed E-state index contributed by atoms with van der Waals surface area (Å²) in [6.07, 6.45) is 3.87. The summed E-state index contributed by atoms with van der Waals surface area (Å²) in [6, 6.07) is 4.61. The third-order valence-corrected chi connectivity index (χ3v) is 5.23. The monoisotopic (exact) mass is 358 g/mol. The first kappa shape index (κ1) is 18.9. The van der Waals surface area contributed by atoms with Crippen molar-refractivity contribution >= 4 is 22.9 Å². The summed E-state index contributed by atoms with van der Waals surface area (Å²) in [7, 11) is 4.03. The van der Waals surface area contributed by atoms with Gasteiger partial charge in [-0.2, -0.15) is 0 Å². The van der Waals surface area contributed by atoms with Crippen LogP contribution < -0.4 is 4.90 Å². The van der Waals surface area contributed by atoms with E-state index in [1.807, 2.05) is 20.2 Å². The van der Waals surface area contributed by atoms with E-state index >= 15 is 0 Å². The number of hydrogen-bond donors (Lipinski definition) is 0. The van der Waals surface area contributed by atoms with Gasteiger partial charge in [-0.1, -0.05) is 6.92 Å². The Balaban J connectivity index is 2.12. The van der Waals surface area contributed by atoms with Crippen LogP contribution in [0, 0.1) is 0 Å². The second-order valence-corrected chi connectivity index (χ2v) is 7.25. The molecule has 1 aromatic carbocycles. The van der Waals surface area contributed by atoms with Gasteiger partial charge in [-0.25, -0.2) is 0 Å². The van der Waals surface area contributed by atoms with Crippen molar-refractivity contribution in [3.63, 3.8) is 0 Å². The van der Waals surface area contributed by atoms with Crippen LogP contribution in [0.1, 0.15) is 48.4 Å². The SMILES string of the molecule is CCc1c(N(CC)C2CCOCC2)cc2oc(CN(C)C)cc2c1C=O. The lowest BCUT2D eigenvalue weighted by molar-refractivity contribution is 0.0846. The third-order valence-electron chi connectivity index (χ3n) is 5.23. The van der Waals surface area contributed by atoms with Crippen LogP contribution in [0.25, 0.3) is 11.0 Å². The normalized spacial score (nSPS) is 15.7. The van der Waals surface area contributed by atoms with Gasteiger partial charge in [0.1, 0.15) is 11.3 Å². The van der Waals surface area contributed by atoms with Gasteiger partial charge in [-0.05, 0) is 51.9 Å². The average Bonchev–Trinajstić information content (AvgIpc) is 3.03. The molecule has 1 aliphatic rings. The molecule has 1 aromatic heterocycles. The number of fused-ring (bicyclic) bond motifs is 1. The molecule has 0 bridgehead atoms. The van der Waals surface area contributed by atoms with E-state index in [1.165, 1.54) is 0 Å². The van der Waals surface area contributed by atoms with Gasteiger partial charge in [0, 0.05) is 48.5 Å². The Bertz CT molecular complexity index is 760. The molecule has 0 saturated carbocycles. The Morgan fingerprint density at radius 3 is 2.50 bits per heavy atom. The second-order valence-electron chi connectivity index (χ2n) is 7.25. The van der Waals surface area contributed by atoms with Crippen LogP contribution in [0.3, 0.4) is 0 Å². The minimum atomic E-state index is 0.451. The zero-order chi connectivity index (χ0) is 18.7. The zero-order valence-corrected chi connectivity index (χ0v) is 16.4. The molecule has 0 N–H and O–H groups in total. The van der Waals surface area contributed by atoms with Gasteiger partial charge in [-0.15, -0.1) is 0 Å². The lowest BCUT2D eigenvalue weighted by Gasteiger charge is -2.36. The van der Waals surface area contributed by atoms with E-state index < -0.39 is 0 Å². The average molecular weight is 358 g/mol. The highest BCUT2D eigenvalue weighted by Crippen LogP contribution is 2.35. The highest BCUT2D eigenvalue weighted by molar-refractivity contribution is 6.01. The summed E-state index contributed by atoms with van der Waals surface area (Å²) < 4.78 is 11.6. The maximum Gasteiger partial charge on any atom is 0.151 e. The minimum Gasteiger partial charge on any atom is -0.460 e. The van der Waals surface area contributed by atoms with E-state index in [0.717, 1.165) is 85.4 Å². The molecular formula is C21H30N2O3. The van der Waals surface area contributed by atoms with E-state index in [-0.39, 0.29) is 0 Å². The highest BCUT2D eigenvalue weighted by atomic mass is 16.5. The van der Waals surface area contributed by atoms with Crippen molar-refractivity contribution in [3.05, 3.63) is 29.0 Å². The quantitative estimate of drug-likeness (QED) is 0.703. The molecule has 26 heavy (non-hydrogen) atoms. The molecule has 0 unspecified atom stereocenters. The lowest BCUT2D eigenvalue weighted by Crippen LogP contribution is -2.40. The Morgan fingerprint density at radius 2 is 1.92 bits per heavy atom. The van der Waals surface area contributed by atoms with Crippen molar-refractivity contribution < 1.29 is 13.9 Å². The molecule has 0 atom stereocenters. The molecule has 1 aliphatic heterocycles. The number of furan rings is 1. The molecule has 142 valence electrons. The third kappa shape index (κ3) is 3.64. The Kier molecular flexibility index (Phi) is 5.99. The van der Waals surface area contributed by atoms with E-state index in [2.05, 4.69) is 29.7 Å². The van der Waals surface area contributed by atoms with Crippen LogP contribution in [0.2, 0.25) is 0 Å². The summed E-state index contributed by atoms with van der Waals surface area (Å²) in [5.74, 6) is 0.890. The van der Waals surface area contributed by atoms with Crippen LogP contribution in [-0.4, -0.2) is 51.1 Å². The number of rotatable bonds is 7. The number of carbonyl (C=O) groups excluding carboxylic acids is 1. The molecule has 2 heterocycles. The van der Waals surface area contributed by atoms with Gasteiger partial charge in [-0.3, -0.25) is 4.79 Å². The maximum absolute atomic E-state index is 12.0. The van der Waals surface area contributed by atoms with Crippen molar-refractivity contribution in [2.45, 2.75) is 45.7 Å². The topological polar surface area (TPSA) is 45.9 Å². The van der Waals surface area contributed by atoms with Crippen molar-refractivity contribution in [1.29, 1.82) is 0 Å². The number of ether oxygens (including phenoxy) is 1. The van der Waals surface area contributed by atoms with Crippen molar-refractivity contribution in [1.82, 2.24) is 4.90 Å². The Morgan fingerprint density at radius 1 is 1.19 bits per heavy atom. The Hall–Kier alpha value is -1.85. The van der Waals surface area contributed by atoms with E-state index in [9.17, 15) is 4.79 Å². The molecule has 2 aromatic rings. The van der Waals surface area contributed by atoms with Gasteiger partial charge in [0.2, 0.25) is 0 Å². The van der Waals surface area contributed by atoms with Crippen molar-refractivity contribution in [2.24, 2.45) is 0 Å². The number of anilines is 1. The number of carbonyl (C=O) groups is 1. The van der Waals surface area contributed by atoms with Crippen LogP contribution in [0.5, 0.6) is 0 Å². The standard InChI is InChI=1S/C21H30N2O3/c1-5-17-19(14-24)18-11-16(13-22(3)4)26-21(18)12-20(17)23(6-2)15-7-9-25-10-8-15/h11-12,14-15H,5-10,13H2,1-4H3. The molecule has 0 aliphatic carbocycles. The van der Waals surface area contributed by atoms with Gasteiger partial charge in [0.25, 0.3) is 0 Å². The molecule has 0 amide bonds. The summed E-state index contributed by atoms with van der Waals surface area (Å²) in [5, 5.41) is 0.931. The molecular weight excluding hydrogens is 328 g/mol. The molecule has 5 nitrogen and oxygen atoms in total. The molecule has 0 radical (unpaired) electrons. The second kappa shape index (κ2) is 8.23. The van der Waals surface area contributed by atoms with Gasteiger partial charge >= 0.3 is 0 Å². The molecule has 1 fully saturated rings. The van der Waals surface area contributed by atoms with Crippen LogP contribution >= 0.6 is 0 Å². The van der Waals surface area contributed by atoms with Crippen LogP contribution in [0.4, 0.5) is 5.69 Å². The summed E-state index contributed by atoms with van der Waals surface area (Å²) in [6.45, 7) is 7.54. The van der Waals surface area contributed by atoms with Gasteiger partial charge in [0.15, 0.2) is 6.29 Å². The number of hydrogen-bond acceptors (Lipinski definition) is 5. The van der Waals surface area contributed by atoms with Crippen molar-refractivity contribution in [3.8, 4) is 0 Å². The summed E-state index contributed by atoms with van der Waals surface area (Å²) >= 11 is 0. The first-order valence-corrected chi connectivity index (χ1v) is 9.61. The van der Waals surface area contributed by atoms with Gasteiger partial charge in [0.05, 0.1) is 6.54 Å². The fourth-order valence-electron chi connectivity index (χ4n) is 4.06. The number of aldehydes is 1. The largest absolute Gasteiger partial charge is 0.460 e. The minimum absolute atomic E-state index is 0.451. The highest BCUT2D eigenvalue weighted by Gasteiger charge is 2.25. The number of nitrogens with zero attached hydrogens (tertiary/aromatic N) is 2. The van der Waals surface area contributed by atoms with Crippen LogP contribution in [0.15, 0.2) is 16.5 Å². The predicted octanol–water partition coefficient (Wildman–Crippen LogP) is 3.87. The summed E-state index contributed by atoms with van der Waals surface area (Å²) in [5.41, 5.74) is 3.85. The van der Waals surface area contributed by atoms with E-state index in [0.29, 0.717) is 6.04 Å². The van der Waals surface area contributed by atoms with Gasteiger partial charge < -0.3 is 19.0 Å². The molecule has 5 heteroatoms. The Labute approximate surface area is 155 Å². The van der Waals surface area contributed by atoms with E-state index in [1.54, 1.807) is 0 Å². The molecule has 1 saturated heterocycles. The molecule has 0 spiro atoms. The van der Waals surface area contributed by atoms with E-state index in [4.69, 9.17) is 9.15 Å². The lowest BCUT2D eigenvalue weighted by atomic mass is 9.97. The predicted molar refractivity (Wildman–Crippen MR) is 105 cm³/mol. The maximum atomic E-state index is 12.0. The van der Waals surface area contributed by atoms with Crippen molar-refractivity contribution in [2.75, 3.05) is 38.8 Å². The first-order valence-electron chi connectivity index (χ1n) is 9.61. The fraction of sp³-hybridized carbons (Fsp3) is 0.571.